The maximum Gasteiger partial charge on any atom is 0.222 e. The Morgan fingerprint density at radius 3 is 2.42 bits per heavy atom. The Kier molecular flexibility index (Phi) is 4.20. The van der Waals surface area contributed by atoms with E-state index in [2.05, 4.69) is 10.6 Å². The topological polar surface area (TPSA) is 58.2 Å². The average Bonchev–Trinajstić information content (AvgIpc) is 3.12. The monoisotopic (exact) mass is 260 g/mol. The van der Waals surface area contributed by atoms with Gasteiger partial charge < -0.3 is 10.6 Å². The lowest BCUT2D eigenvalue weighted by molar-refractivity contribution is -0.122. The van der Waals surface area contributed by atoms with Crippen LogP contribution < -0.4 is 10.6 Å². The highest BCUT2D eigenvalue weighted by Gasteiger charge is 2.25. The van der Waals surface area contributed by atoms with Crippen molar-refractivity contribution in [3.05, 3.63) is 35.4 Å². The van der Waals surface area contributed by atoms with Gasteiger partial charge in [-0.25, -0.2) is 0 Å². The van der Waals surface area contributed by atoms with Crippen LogP contribution in [-0.2, 0) is 9.59 Å². The van der Waals surface area contributed by atoms with Gasteiger partial charge in [0.1, 0.15) is 0 Å². The van der Waals surface area contributed by atoms with Gasteiger partial charge in [-0.2, -0.15) is 0 Å². The molecule has 0 unspecified atom stereocenters. The average molecular weight is 260 g/mol. The van der Waals surface area contributed by atoms with E-state index in [0.29, 0.717) is 12.5 Å². The van der Waals surface area contributed by atoms with E-state index < -0.39 is 0 Å². The third-order valence-electron chi connectivity index (χ3n) is 3.19. The summed E-state index contributed by atoms with van der Waals surface area (Å²) in [5.74, 6) is -0.119. The molecule has 0 aliphatic heterocycles. The molecular formula is C15H20N2O2. The standard InChI is InChI=1S/C15H20N2O2/c1-10-3-5-12(6-4-10)14(16-11(2)18)9-15(19)17-13-7-8-13/h3-6,13-14H,7-9H2,1-2H3,(H,16,18)(H,17,19)/t14-/m0/s1. The minimum Gasteiger partial charge on any atom is -0.353 e. The second-order valence-electron chi connectivity index (χ2n) is 5.21. The van der Waals surface area contributed by atoms with Gasteiger partial charge in [0.2, 0.25) is 11.8 Å². The van der Waals surface area contributed by atoms with Crippen LogP contribution in [0.2, 0.25) is 0 Å². The van der Waals surface area contributed by atoms with Crippen molar-refractivity contribution in [2.24, 2.45) is 0 Å². The van der Waals surface area contributed by atoms with Gasteiger partial charge >= 0.3 is 0 Å². The van der Waals surface area contributed by atoms with Crippen LogP contribution in [0.1, 0.15) is 43.4 Å². The molecule has 102 valence electrons. The number of rotatable bonds is 5. The lowest BCUT2D eigenvalue weighted by Crippen LogP contribution is -2.33. The van der Waals surface area contributed by atoms with Gasteiger partial charge in [-0.15, -0.1) is 0 Å². The summed E-state index contributed by atoms with van der Waals surface area (Å²) in [5.41, 5.74) is 2.12. The maximum absolute atomic E-state index is 11.9. The summed E-state index contributed by atoms with van der Waals surface area (Å²) in [5, 5.41) is 5.79. The van der Waals surface area contributed by atoms with Gasteiger partial charge in [0.05, 0.1) is 12.5 Å². The van der Waals surface area contributed by atoms with Gasteiger partial charge in [0.15, 0.2) is 0 Å². The van der Waals surface area contributed by atoms with E-state index in [9.17, 15) is 9.59 Å². The highest BCUT2D eigenvalue weighted by atomic mass is 16.2. The first-order chi connectivity index (χ1) is 9.04. The van der Waals surface area contributed by atoms with Crippen LogP contribution in [0.5, 0.6) is 0 Å². The second kappa shape index (κ2) is 5.87. The van der Waals surface area contributed by atoms with E-state index >= 15 is 0 Å². The van der Waals surface area contributed by atoms with Crippen LogP contribution >= 0.6 is 0 Å². The molecule has 0 spiro atoms. The zero-order valence-corrected chi connectivity index (χ0v) is 11.4. The number of aryl methyl sites for hydroxylation is 1. The lowest BCUT2D eigenvalue weighted by Gasteiger charge is -2.18. The molecule has 1 atom stereocenters. The molecule has 4 heteroatoms. The molecule has 1 aliphatic carbocycles. The SMILES string of the molecule is CC(=O)N[C@@H](CC(=O)NC1CC1)c1ccc(C)cc1. The third-order valence-corrected chi connectivity index (χ3v) is 3.19. The van der Waals surface area contributed by atoms with Crippen LogP contribution in [0.15, 0.2) is 24.3 Å². The van der Waals surface area contributed by atoms with Crippen LogP contribution in [0, 0.1) is 6.92 Å². The van der Waals surface area contributed by atoms with Crippen molar-refractivity contribution in [3.63, 3.8) is 0 Å². The fraction of sp³-hybridized carbons (Fsp3) is 0.467. The van der Waals surface area contributed by atoms with Crippen molar-refractivity contribution in [2.75, 3.05) is 0 Å². The molecule has 2 N–H and O–H groups in total. The fourth-order valence-electron chi connectivity index (χ4n) is 2.00. The molecular weight excluding hydrogens is 240 g/mol. The Labute approximate surface area is 113 Å². The normalized spacial score (nSPS) is 15.7. The van der Waals surface area contributed by atoms with Crippen molar-refractivity contribution in [3.8, 4) is 0 Å². The molecule has 19 heavy (non-hydrogen) atoms. The minimum absolute atomic E-state index is 0.00169. The maximum atomic E-state index is 11.9. The molecule has 1 fully saturated rings. The summed E-state index contributed by atoms with van der Waals surface area (Å²) in [6, 6.07) is 7.99. The molecule has 0 saturated heterocycles. The van der Waals surface area contributed by atoms with Gasteiger partial charge in [-0.1, -0.05) is 29.8 Å². The van der Waals surface area contributed by atoms with Crippen LogP contribution in [0.25, 0.3) is 0 Å². The van der Waals surface area contributed by atoms with E-state index in [4.69, 9.17) is 0 Å². The summed E-state index contributed by atoms with van der Waals surface area (Å²) < 4.78 is 0. The summed E-state index contributed by atoms with van der Waals surface area (Å²) in [6.45, 7) is 3.48. The lowest BCUT2D eigenvalue weighted by atomic mass is 10.0. The highest BCUT2D eigenvalue weighted by Crippen LogP contribution is 2.21. The number of hydrogen-bond acceptors (Lipinski definition) is 2. The number of amides is 2. The Hall–Kier alpha value is -1.84. The predicted molar refractivity (Wildman–Crippen MR) is 73.5 cm³/mol. The smallest absolute Gasteiger partial charge is 0.222 e. The van der Waals surface area contributed by atoms with Crippen LogP contribution in [0.3, 0.4) is 0 Å². The van der Waals surface area contributed by atoms with Gasteiger partial charge in [0.25, 0.3) is 0 Å². The number of carbonyl (C=O) groups is 2. The molecule has 0 heterocycles. The zero-order valence-electron chi connectivity index (χ0n) is 11.4. The second-order valence-corrected chi connectivity index (χ2v) is 5.21. The third kappa shape index (κ3) is 4.39. The summed E-state index contributed by atoms with van der Waals surface area (Å²) in [4.78, 5) is 23.1. The quantitative estimate of drug-likeness (QED) is 0.848. The van der Waals surface area contributed by atoms with Gasteiger partial charge in [0, 0.05) is 13.0 Å². The fourth-order valence-corrected chi connectivity index (χ4v) is 2.00. The van der Waals surface area contributed by atoms with Crippen molar-refractivity contribution >= 4 is 11.8 Å². The molecule has 2 rings (SSSR count). The first kappa shape index (κ1) is 13.6. The first-order valence-electron chi connectivity index (χ1n) is 6.67. The van der Waals surface area contributed by atoms with Crippen molar-refractivity contribution in [2.45, 2.75) is 45.2 Å². The number of carbonyl (C=O) groups excluding carboxylic acids is 2. The Morgan fingerprint density at radius 2 is 1.89 bits per heavy atom. The molecule has 0 radical (unpaired) electrons. The van der Waals surface area contributed by atoms with Gasteiger partial charge in [-0.05, 0) is 25.3 Å². The summed E-state index contributed by atoms with van der Waals surface area (Å²) in [6.07, 6.45) is 2.43. The van der Waals surface area contributed by atoms with Crippen molar-refractivity contribution < 1.29 is 9.59 Å². The number of nitrogens with one attached hydrogen (secondary N) is 2. The summed E-state index contributed by atoms with van der Waals surface area (Å²) in [7, 11) is 0. The van der Waals surface area contributed by atoms with Crippen LogP contribution in [0.4, 0.5) is 0 Å². The van der Waals surface area contributed by atoms with Gasteiger partial charge in [-0.3, -0.25) is 9.59 Å². The van der Waals surface area contributed by atoms with E-state index in [1.165, 1.54) is 6.92 Å². The first-order valence-corrected chi connectivity index (χ1v) is 6.67. The molecule has 2 amide bonds. The number of hydrogen-bond donors (Lipinski definition) is 2. The molecule has 1 saturated carbocycles. The van der Waals surface area contributed by atoms with E-state index in [-0.39, 0.29) is 17.9 Å². The molecule has 4 nitrogen and oxygen atoms in total. The molecule has 0 bridgehead atoms. The Bertz CT molecular complexity index is 464. The molecule has 1 aliphatic rings. The molecule has 1 aromatic rings. The molecule has 1 aromatic carbocycles. The molecule has 0 aromatic heterocycles. The Balaban J connectivity index is 2.03. The summed E-state index contributed by atoms with van der Waals surface area (Å²) >= 11 is 0. The number of benzene rings is 1. The highest BCUT2D eigenvalue weighted by molar-refractivity contribution is 5.79. The zero-order chi connectivity index (χ0) is 13.8. The largest absolute Gasteiger partial charge is 0.353 e. The minimum atomic E-state index is -0.253. The van der Waals surface area contributed by atoms with Crippen molar-refractivity contribution in [1.82, 2.24) is 10.6 Å². The van der Waals surface area contributed by atoms with Crippen LogP contribution in [-0.4, -0.2) is 17.9 Å². The van der Waals surface area contributed by atoms with E-state index in [0.717, 1.165) is 24.0 Å². The predicted octanol–water partition coefficient (Wildman–Crippen LogP) is 1.84. The van der Waals surface area contributed by atoms with E-state index in [1.54, 1.807) is 0 Å². The van der Waals surface area contributed by atoms with Crippen molar-refractivity contribution in [1.29, 1.82) is 0 Å². The Morgan fingerprint density at radius 1 is 1.26 bits per heavy atom. The van der Waals surface area contributed by atoms with E-state index in [1.807, 2.05) is 31.2 Å².